The molecule has 0 aromatic rings. The van der Waals surface area contributed by atoms with E-state index in [2.05, 4.69) is 48.9 Å². The highest BCUT2D eigenvalue weighted by Gasteiger charge is 2.35. The maximum absolute atomic E-state index is 2.61. The summed E-state index contributed by atoms with van der Waals surface area (Å²) in [6, 6.07) is 0. The molecule has 0 bridgehead atoms. The molecule has 1 unspecified atom stereocenters. The molecule has 1 aliphatic heterocycles. The van der Waals surface area contributed by atoms with Crippen LogP contribution in [0.4, 0.5) is 0 Å². The molecule has 1 fully saturated rings. The second kappa shape index (κ2) is 3.09. The molecule has 0 radical (unpaired) electrons. The van der Waals surface area contributed by atoms with E-state index < -0.39 is 0 Å². The zero-order valence-corrected chi connectivity index (χ0v) is 11.0. The first kappa shape index (κ1) is 10.2. The van der Waals surface area contributed by atoms with Crippen LogP contribution in [0, 0.1) is 5.92 Å². The molecule has 68 valence electrons. The van der Waals surface area contributed by atoms with Gasteiger partial charge in [0.2, 0.25) is 0 Å². The highest BCUT2D eigenvalue weighted by Crippen LogP contribution is 2.53. The van der Waals surface area contributed by atoms with Crippen LogP contribution in [0.3, 0.4) is 0 Å². The number of alkyl halides is 1. The first-order valence-corrected chi connectivity index (χ1v) is 8.05. The van der Waals surface area contributed by atoms with Crippen molar-refractivity contribution in [3.8, 4) is 0 Å². The monoisotopic (exact) mass is 286 g/mol. The van der Waals surface area contributed by atoms with Crippen molar-refractivity contribution in [1.29, 1.82) is 0 Å². The minimum atomic E-state index is -0.183. The standard InChI is InChI=1S/C9H19IS/c1-9(2,10)8-5-6-11(3,4)7-8/h8H,5-7H2,1-4H3. The van der Waals surface area contributed by atoms with Crippen LogP contribution in [0.25, 0.3) is 0 Å². The molecule has 0 aliphatic carbocycles. The first-order chi connectivity index (χ1) is 4.81. The Labute approximate surface area is 86.0 Å². The lowest BCUT2D eigenvalue weighted by atomic mass is 9.96. The van der Waals surface area contributed by atoms with Gasteiger partial charge < -0.3 is 0 Å². The van der Waals surface area contributed by atoms with Gasteiger partial charge in [0, 0.05) is 3.42 Å². The van der Waals surface area contributed by atoms with Gasteiger partial charge in [0.15, 0.2) is 0 Å². The number of rotatable bonds is 1. The minimum Gasteiger partial charge on any atom is -0.246 e. The van der Waals surface area contributed by atoms with Crippen LogP contribution in [0.2, 0.25) is 0 Å². The molecule has 1 aliphatic rings. The van der Waals surface area contributed by atoms with E-state index in [1.807, 2.05) is 0 Å². The lowest BCUT2D eigenvalue weighted by Crippen LogP contribution is -2.24. The van der Waals surface area contributed by atoms with Gasteiger partial charge in [0.1, 0.15) is 0 Å². The Balaban J connectivity index is 2.55. The molecule has 0 aromatic carbocycles. The van der Waals surface area contributed by atoms with E-state index >= 15 is 0 Å². The fourth-order valence-corrected chi connectivity index (χ4v) is 5.31. The van der Waals surface area contributed by atoms with E-state index in [9.17, 15) is 0 Å². The third-order valence-corrected chi connectivity index (χ3v) is 6.17. The van der Waals surface area contributed by atoms with Gasteiger partial charge in [-0.1, -0.05) is 36.4 Å². The SMILES string of the molecule is CC(C)(I)C1CCS(C)(C)C1. The zero-order chi connectivity index (χ0) is 8.70. The van der Waals surface area contributed by atoms with Crippen molar-refractivity contribution in [2.24, 2.45) is 5.92 Å². The number of hydrogen-bond acceptors (Lipinski definition) is 0. The Kier molecular flexibility index (Phi) is 2.86. The van der Waals surface area contributed by atoms with Gasteiger partial charge in [-0.2, -0.15) is 0 Å². The molecule has 0 aromatic heterocycles. The molecule has 11 heavy (non-hydrogen) atoms. The molecule has 1 rings (SSSR count). The Morgan fingerprint density at radius 3 is 2.09 bits per heavy atom. The maximum atomic E-state index is 2.61. The molecule has 1 atom stereocenters. The minimum absolute atomic E-state index is 0.183. The predicted octanol–water partition coefficient (Wildman–Crippen LogP) is 3.28. The maximum Gasteiger partial charge on any atom is 0.0201 e. The van der Waals surface area contributed by atoms with Crippen LogP contribution >= 0.6 is 32.6 Å². The van der Waals surface area contributed by atoms with Crippen LogP contribution < -0.4 is 0 Å². The smallest absolute Gasteiger partial charge is 0.0201 e. The molecule has 0 spiro atoms. The normalized spacial score (nSPS) is 33.7. The number of halogens is 1. The second-order valence-electron chi connectivity index (χ2n) is 4.69. The van der Waals surface area contributed by atoms with Crippen molar-refractivity contribution < 1.29 is 0 Å². The lowest BCUT2D eigenvalue weighted by molar-refractivity contribution is 0.494. The summed E-state index contributed by atoms with van der Waals surface area (Å²) in [4.78, 5) is 0. The van der Waals surface area contributed by atoms with Gasteiger partial charge in [-0.25, -0.2) is 10.0 Å². The Hall–Kier alpha value is 1.08. The molecule has 2 heteroatoms. The van der Waals surface area contributed by atoms with Crippen molar-refractivity contribution in [3.63, 3.8) is 0 Å². The molecule has 0 amide bonds. The number of hydrogen-bond donors (Lipinski definition) is 0. The van der Waals surface area contributed by atoms with Crippen LogP contribution in [0.5, 0.6) is 0 Å². The summed E-state index contributed by atoms with van der Waals surface area (Å²) in [6.45, 7) is 4.75. The van der Waals surface area contributed by atoms with E-state index in [0.29, 0.717) is 3.42 Å². The highest BCUT2D eigenvalue weighted by atomic mass is 127. The van der Waals surface area contributed by atoms with Crippen molar-refractivity contribution >= 4 is 32.6 Å². The summed E-state index contributed by atoms with van der Waals surface area (Å²) in [5.74, 6) is 3.99. The molecule has 0 N–H and O–H groups in total. The fourth-order valence-electron chi connectivity index (χ4n) is 1.71. The van der Waals surface area contributed by atoms with Gasteiger partial charge in [-0.3, -0.25) is 0 Å². The molecular formula is C9H19IS. The van der Waals surface area contributed by atoms with Crippen LogP contribution in [0.15, 0.2) is 0 Å². The molecule has 1 heterocycles. The highest BCUT2D eigenvalue weighted by molar-refractivity contribution is 14.1. The van der Waals surface area contributed by atoms with Crippen LogP contribution in [-0.4, -0.2) is 27.4 Å². The molecule has 0 nitrogen and oxygen atoms in total. The Morgan fingerprint density at radius 1 is 1.36 bits per heavy atom. The third kappa shape index (κ3) is 2.79. The van der Waals surface area contributed by atoms with Crippen molar-refractivity contribution in [2.45, 2.75) is 23.7 Å². The second-order valence-corrected chi connectivity index (χ2v) is 11.7. The van der Waals surface area contributed by atoms with E-state index in [1.54, 1.807) is 0 Å². The summed E-state index contributed by atoms with van der Waals surface area (Å²) in [6.07, 6.45) is 6.43. The zero-order valence-electron chi connectivity index (χ0n) is 7.98. The lowest BCUT2D eigenvalue weighted by Gasteiger charge is -2.29. The van der Waals surface area contributed by atoms with Gasteiger partial charge in [0.25, 0.3) is 0 Å². The van der Waals surface area contributed by atoms with Gasteiger partial charge in [-0.05, 0) is 36.4 Å². The van der Waals surface area contributed by atoms with Gasteiger partial charge in [-0.15, -0.1) is 0 Å². The first-order valence-electron chi connectivity index (χ1n) is 4.19. The Bertz CT molecular complexity index is 146. The summed E-state index contributed by atoms with van der Waals surface area (Å²) in [7, 11) is -0.183. The van der Waals surface area contributed by atoms with E-state index in [0.717, 1.165) is 5.92 Å². The van der Waals surface area contributed by atoms with E-state index in [4.69, 9.17) is 0 Å². The molecule has 1 saturated heterocycles. The van der Waals surface area contributed by atoms with Crippen LogP contribution in [-0.2, 0) is 0 Å². The molecule has 0 saturated carbocycles. The summed E-state index contributed by atoms with van der Waals surface area (Å²) in [5.41, 5.74) is 0. The van der Waals surface area contributed by atoms with E-state index in [1.165, 1.54) is 17.9 Å². The van der Waals surface area contributed by atoms with Crippen molar-refractivity contribution in [1.82, 2.24) is 0 Å². The van der Waals surface area contributed by atoms with Crippen LogP contribution in [0.1, 0.15) is 20.3 Å². The summed E-state index contributed by atoms with van der Waals surface area (Å²) in [5, 5.41) is 0. The largest absolute Gasteiger partial charge is 0.246 e. The quantitative estimate of drug-likeness (QED) is 0.512. The third-order valence-electron chi connectivity index (χ3n) is 2.64. The fraction of sp³-hybridized carbons (Fsp3) is 1.00. The van der Waals surface area contributed by atoms with Crippen molar-refractivity contribution in [3.05, 3.63) is 0 Å². The summed E-state index contributed by atoms with van der Waals surface area (Å²) >= 11 is 2.61. The van der Waals surface area contributed by atoms with Gasteiger partial charge >= 0.3 is 0 Å². The summed E-state index contributed by atoms with van der Waals surface area (Å²) < 4.78 is 0.526. The average Bonchev–Trinajstić information content (AvgIpc) is 2.07. The topological polar surface area (TPSA) is 0 Å². The predicted molar refractivity (Wildman–Crippen MR) is 65.4 cm³/mol. The average molecular weight is 286 g/mol. The Morgan fingerprint density at radius 2 is 1.91 bits per heavy atom. The van der Waals surface area contributed by atoms with E-state index in [-0.39, 0.29) is 10.0 Å². The van der Waals surface area contributed by atoms with Gasteiger partial charge in [0.05, 0.1) is 0 Å². The molecular weight excluding hydrogens is 267 g/mol. The van der Waals surface area contributed by atoms with Crippen molar-refractivity contribution in [2.75, 3.05) is 24.0 Å².